The molecular weight excluding hydrogens is 188 g/mol. The van der Waals surface area contributed by atoms with Crippen molar-refractivity contribution in [1.82, 2.24) is 9.97 Å². The van der Waals surface area contributed by atoms with Gasteiger partial charge in [0, 0.05) is 0 Å². The van der Waals surface area contributed by atoms with E-state index in [0.717, 1.165) is 10.6 Å². The van der Waals surface area contributed by atoms with Crippen LogP contribution < -0.4 is 0 Å². The lowest BCUT2D eigenvalue weighted by molar-refractivity contribution is 0.277. The van der Waals surface area contributed by atoms with E-state index in [-0.39, 0.29) is 6.61 Å². The van der Waals surface area contributed by atoms with Crippen molar-refractivity contribution in [3.05, 3.63) is 23.3 Å². The number of hydrogen-bond donors (Lipinski definition) is 1. The van der Waals surface area contributed by atoms with Gasteiger partial charge in [-0.1, -0.05) is 0 Å². The van der Waals surface area contributed by atoms with E-state index >= 15 is 0 Å². The predicted molar refractivity (Wildman–Crippen MR) is 48.3 cm³/mol. The molecule has 0 unspecified atom stereocenters. The van der Waals surface area contributed by atoms with Crippen LogP contribution in [0.1, 0.15) is 11.4 Å². The Labute approximate surface area is 78.9 Å². The highest BCUT2D eigenvalue weighted by Gasteiger charge is 2.13. The second-order valence-corrected chi connectivity index (χ2v) is 3.41. The number of aliphatic hydroxyl groups is 1. The van der Waals surface area contributed by atoms with Crippen LogP contribution in [0.15, 0.2) is 16.3 Å². The van der Waals surface area contributed by atoms with Crippen LogP contribution in [0.2, 0.25) is 0 Å². The zero-order valence-corrected chi connectivity index (χ0v) is 7.84. The first-order valence-electron chi connectivity index (χ1n) is 3.76. The molecule has 1 N–H and O–H groups in total. The zero-order valence-electron chi connectivity index (χ0n) is 7.02. The van der Waals surface area contributed by atoms with E-state index in [4.69, 9.17) is 9.52 Å². The SMILES string of the molecule is Cc1ncsc1-c1ocnc1CO. The number of nitrogens with zero attached hydrogens (tertiary/aromatic N) is 2. The third-order valence-corrected chi connectivity index (χ3v) is 2.67. The summed E-state index contributed by atoms with van der Waals surface area (Å²) in [5.41, 5.74) is 3.21. The van der Waals surface area contributed by atoms with Crippen molar-refractivity contribution in [1.29, 1.82) is 0 Å². The standard InChI is InChI=1S/C8H8N2O2S/c1-5-8(13-4-10-5)7-6(2-11)9-3-12-7/h3-4,11H,2H2,1H3. The van der Waals surface area contributed by atoms with Crippen LogP contribution in [0.3, 0.4) is 0 Å². The molecule has 2 rings (SSSR count). The maximum absolute atomic E-state index is 8.96. The van der Waals surface area contributed by atoms with Gasteiger partial charge in [-0.2, -0.15) is 0 Å². The minimum absolute atomic E-state index is 0.108. The third kappa shape index (κ3) is 1.36. The van der Waals surface area contributed by atoms with Gasteiger partial charge in [0.1, 0.15) is 5.69 Å². The minimum Gasteiger partial charge on any atom is -0.442 e. The summed E-state index contributed by atoms with van der Waals surface area (Å²) in [5.74, 6) is 0.627. The number of aromatic nitrogens is 2. The minimum atomic E-state index is -0.108. The number of aliphatic hydroxyl groups excluding tert-OH is 1. The molecule has 0 aliphatic heterocycles. The smallest absolute Gasteiger partial charge is 0.181 e. The summed E-state index contributed by atoms with van der Waals surface area (Å²) in [5, 5.41) is 8.96. The van der Waals surface area contributed by atoms with Crippen LogP contribution >= 0.6 is 11.3 Å². The molecule has 0 atom stereocenters. The van der Waals surface area contributed by atoms with Crippen LogP contribution in [0.5, 0.6) is 0 Å². The van der Waals surface area contributed by atoms with Gasteiger partial charge in [-0.15, -0.1) is 11.3 Å². The lowest BCUT2D eigenvalue weighted by Gasteiger charge is -1.94. The van der Waals surface area contributed by atoms with E-state index in [9.17, 15) is 0 Å². The van der Waals surface area contributed by atoms with Crippen LogP contribution in [0, 0.1) is 6.92 Å². The van der Waals surface area contributed by atoms with E-state index in [2.05, 4.69) is 9.97 Å². The molecule has 2 heterocycles. The number of hydrogen-bond acceptors (Lipinski definition) is 5. The summed E-state index contributed by atoms with van der Waals surface area (Å²) in [6.07, 6.45) is 1.33. The molecule has 13 heavy (non-hydrogen) atoms. The number of aryl methyl sites for hydroxylation is 1. The van der Waals surface area contributed by atoms with Crippen molar-refractivity contribution in [2.45, 2.75) is 13.5 Å². The lowest BCUT2D eigenvalue weighted by atomic mass is 10.3. The lowest BCUT2D eigenvalue weighted by Crippen LogP contribution is -1.86. The summed E-state index contributed by atoms with van der Waals surface area (Å²) < 4.78 is 5.18. The molecule has 0 aromatic carbocycles. The van der Waals surface area contributed by atoms with E-state index in [1.807, 2.05) is 6.92 Å². The van der Waals surface area contributed by atoms with Crippen LogP contribution in [0.25, 0.3) is 10.6 Å². The Morgan fingerprint density at radius 3 is 3.00 bits per heavy atom. The molecular formula is C8H8N2O2S. The molecule has 0 aliphatic carbocycles. The van der Waals surface area contributed by atoms with Crippen LogP contribution in [-0.4, -0.2) is 15.1 Å². The predicted octanol–water partition coefficient (Wildman–Crippen LogP) is 1.60. The Morgan fingerprint density at radius 2 is 2.38 bits per heavy atom. The molecule has 0 bridgehead atoms. The Hall–Kier alpha value is -1.20. The Bertz CT molecular complexity index is 408. The molecule has 0 aliphatic rings. The first-order chi connectivity index (χ1) is 6.33. The quantitative estimate of drug-likeness (QED) is 0.792. The summed E-state index contributed by atoms with van der Waals surface area (Å²) in [6.45, 7) is 1.79. The average molecular weight is 196 g/mol. The topological polar surface area (TPSA) is 59.2 Å². The van der Waals surface area contributed by atoms with Crippen LogP contribution in [0.4, 0.5) is 0 Å². The van der Waals surface area contributed by atoms with Gasteiger partial charge in [-0.05, 0) is 6.92 Å². The molecule has 0 spiro atoms. The van der Waals surface area contributed by atoms with Gasteiger partial charge in [0.15, 0.2) is 12.2 Å². The first kappa shape index (κ1) is 8.40. The number of thiazole rings is 1. The third-order valence-electron chi connectivity index (χ3n) is 1.74. The van der Waals surface area contributed by atoms with Crippen molar-refractivity contribution in [2.75, 3.05) is 0 Å². The van der Waals surface area contributed by atoms with E-state index in [0.29, 0.717) is 11.5 Å². The summed E-state index contributed by atoms with van der Waals surface area (Å²) in [6, 6.07) is 0. The fraction of sp³-hybridized carbons (Fsp3) is 0.250. The molecule has 2 aromatic rings. The Balaban J connectivity index is 2.52. The first-order valence-corrected chi connectivity index (χ1v) is 4.64. The van der Waals surface area contributed by atoms with Crippen LogP contribution in [-0.2, 0) is 6.61 Å². The van der Waals surface area contributed by atoms with Crippen molar-refractivity contribution in [3.8, 4) is 10.6 Å². The normalized spacial score (nSPS) is 10.6. The van der Waals surface area contributed by atoms with Crippen molar-refractivity contribution in [3.63, 3.8) is 0 Å². The van der Waals surface area contributed by atoms with E-state index in [1.54, 1.807) is 5.51 Å². The molecule has 0 amide bonds. The summed E-state index contributed by atoms with van der Waals surface area (Å²) in [7, 11) is 0. The van der Waals surface area contributed by atoms with Crippen molar-refractivity contribution in [2.24, 2.45) is 0 Å². The highest BCUT2D eigenvalue weighted by atomic mass is 32.1. The highest BCUT2D eigenvalue weighted by Crippen LogP contribution is 2.29. The van der Waals surface area contributed by atoms with E-state index in [1.165, 1.54) is 17.7 Å². The van der Waals surface area contributed by atoms with Gasteiger partial charge in [-0.3, -0.25) is 0 Å². The van der Waals surface area contributed by atoms with Crippen molar-refractivity contribution < 1.29 is 9.52 Å². The Kier molecular flexibility index (Phi) is 2.12. The Morgan fingerprint density at radius 1 is 1.54 bits per heavy atom. The molecule has 4 nitrogen and oxygen atoms in total. The second-order valence-electron chi connectivity index (χ2n) is 2.55. The van der Waals surface area contributed by atoms with Crippen molar-refractivity contribution >= 4 is 11.3 Å². The van der Waals surface area contributed by atoms with Gasteiger partial charge in [0.25, 0.3) is 0 Å². The van der Waals surface area contributed by atoms with Gasteiger partial charge < -0.3 is 9.52 Å². The molecule has 0 fully saturated rings. The number of rotatable bonds is 2. The molecule has 2 aromatic heterocycles. The highest BCUT2D eigenvalue weighted by molar-refractivity contribution is 7.13. The monoisotopic (exact) mass is 196 g/mol. The van der Waals surface area contributed by atoms with E-state index < -0.39 is 0 Å². The number of oxazole rings is 1. The fourth-order valence-corrected chi connectivity index (χ4v) is 1.90. The molecule has 0 saturated carbocycles. The zero-order chi connectivity index (χ0) is 9.26. The largest absolute Gasteiger partial charge is 0.442 e. The van der Waals surface area contributed by atoms with Gasteiger partial charge in [-0.25, -0.2) is 9.97 Å². The van der Waals surface area contributed by atoms with Gasteiger partial charge in [0.05, 0.1) is 22.7 Å². The van der Waals surface area contributed by atoms with Gasteiger partial charge >= 0.3 is 0 Å². The maximum atomic E-state index is 8.96. The molecule has 0 saturated heterocycles. The summed E-state index contributed by atoms with van der Waals surface area (Å²) >= 11 is 1.48. The maximum Gasteiger partial charge on any atom is 0.181 e. The average Bonchev–Trinajstić information content (AvgIpc) is 2.71. The van der Waals surface area contributed by atoms with Gasteiger partial charge in [0.2, 0.25) is 0 Å². The molecule has 0 radical (unpaired) electrons. The second kappa shape index (κ2) is 3.27. The molecule has 5 heteroatoms. The fourth-order valence-electron chi connectivity index (χ4n) is 1.09. The summed E-state index contributed by atoms with van der Waals surface area (Å²) in [4.78, 5) is 8.92. The molecule has 68 valence electrons.